The van der Waals surface area contributed by atoms with Gasteiger partial charge in [0.1, 0.15) is 12.4 Å². The van der Waals surface area contributed by atoms with Crippen molar-refractivity contribution in [1.82, 2.24) is 25.2 Å². The van der Waals surface area contributed by atoms with Gasteiger partial charge < -0.3 is 14.6 Å². The van der Waals surface area contributed by atoms with E-state index in [2.05, 4.69) is 20.6 Å². The third-order valence-corrected chi connectivity index (χ3v) is 3.55. The number of ether oxygens (including phenoxy) is 1. The lowest BCUT2D eigenvalue weighted by atomic mass is 10.1. The number of carbonyl (C=O) groups excluding carboxylic acids is 1. The van der Waals surface area contributed by atoms with Crippen molar-refractivity contribution >= 4 is 5.91 Å². The van der Waals surface area contributed by atoms with Gasteiger partial charge in [0, 0.05) is 25.3 Å². The predicted molar refractivity (Wildman–Crippen MR) is 91.5 cm³/mol. The zero-order valence-electron chi connectivity index (χ0n) is 14.4. The first-order valence-electron chi connectivity index (χ1n) is 8.00. The molecule has 140 valence electrons. The first-order valence-corrected chi connectivity index (χ1v) is 8.00. The Kier molecular flexibility index (Phi) is 5.67. The molecule has 0 radical (unpaired) electrons. The largest absolute Gasteiger partial charge is 0.383 e. The van der Waals surface area contributed by atoms with Crippen LogP contribution < -0.4 is 10.9 Å². The Labute approximate surface area is 152 Å². The van der Waals surface area contributed by atoms with E-state index in [0.29, 0.717) is 24.4 Å². The van der Waals surface area contributed by atoms with E-state index in [-0.39, 0.29) is 29.6 Å². The molecule has 1 N–H and O–H groups in total. The summed E-state index contributed by atoms with van der Waals surface area (Å²) in [6.45, 7) is 0.568. The molecule has 10 heteroatoms. The highest BCUT2D eigenvalue weighted by Gasteiger charge is 2.15. The summed E-state index contributed by atoms with van der Waals surface area (Å²) in [6.07, 6.45) is 0. The third-order valence-electron chi connectivity index (χ3n) is 3.55. The number of benzene rings is 1. The molecule has 0 atom stereocenters. The monoisotopic (exact) mass is 373 g/mol. The van der Waals surface area contributed by atoms with Crippen molar-refractivity contribution in [2.45, 2.75) is 6.54 Å². The van der Waals surface area contributed by atoms with Crippen LogP contribution in [0.2, 0.25) is 0 Å². The van der Waals surface area contributed by atoms with Gasteiger partial charge in [-0.2, -0.15) is 10.1 Å². The van der Waals surface area contributed by atoms with Gasteiger partial charge in [0.05, 0.1) is 12.3 Å². The van der Waals surface area contributed by atoms with Crippen LogP contribution in [0.4, 0.5) is 4.39 Å². The molecule has 3 aromatic rings. The van der Waals surface area contributed by atoms with E-state index in [1.165, 1.54) is 31.4 Å². The maximum atomic E-state index is 13.1. The van der Waals surface area contributed by atoms with Crippen molar-refractivity contribution in [3.63, 3.8) is 0 Å². The van der Waals surface area contributed by atoms with E-state index in [4.69, 9.17) is 9.26 Å². The second kappa shape index (κ2) is 8.32. The average molecular weight is 373 g/mol. The molecule has 0 aliphatic heterocycles. The lowest BCUT2D eigenvalue weighted by Gasteiger charge is -2.05. The van der Waals surface area contributed by atoms with E-state index in [1.807, 2.05) is 0 Å². The Bertz CT molecular complexity index is 983. The van der Waals surface area contributed by atoms with Crippen LogP contribution in [0.25, 0.3) is 11.3 Å². The minimum Gasteiger partial charge on any atom is -0.383 e. The van der Waals surface area contributed by atoms with Crippen molar-refractivity contribution in [3.8, 4) is 11.3 Å². The van der Waals surface area contributed by atoms with Crippen molar-refractivity contribution in [3.05, 3.63) is 64.3 Å². The van der Waals surface area contributed by atoms with E-state index in [0.717, 1.165) is 4.68 Å². The number of methoxy groups -OCH3 is 1. The van der Waals surface area contributed by atoms with Crippen molar-refractivity contribution in [2.75, 3.05) is 20.3 Å². The van der Waals surface area contributed by atoms with E-state index < -0.39 is 5.91 Å². The van der Waals surface area contributed by atoms with Crippen LogP contribution in [0.3, 0.4) is 0 Å². The highest BCUT2D eigenvalue weighted by molar-refractivity contribution is 5.89. The van der Waals surface area contributed by atoms with Crippen molar-refractivity contribution in [2.24, 2.45) is 0 Å². The quantitative estimate of drug-likeness (QED) is 0.611. The fourth-order valence-corrected chi connectivity index (χ4v) is 2.22. The Hall–Kier alpha value is -3.40. The van der Waals surface area contributed by atoms with Crippen LogP contribution in [-0.2, 0) is 11.3 Å². The smallest absolute Gasteiger partial charge is 0.316 e. The Balaban J connectivity index is 1.76. The molecule has 0 fully saturated rings. The maximum absolute atomic E-state index is 13.1. The number of hydrogen-bond donors (Lipinski definition) is 1. The molecule has 0 unspecified atom stereocenters. The standard InChI is InChI=1S/C17H16FN5O4/c1-26-9-8-19-16(25)17-20-14(22-27-17)10-23-15(24)7-6-13(21-23)11-2-4-12(18)5-3-11/h2-7H,8-10H2,1H3,(H,19,25). The molecule has 3 rings (SSSR count). The van der Waals surface area contributed by atoms with Crippen LogP contribution in [-0.4, -0.2) is 46.1 Å². The fourth-order valence-electron chi connectivity index (χ4n) is 2.22. The van der Waals surface area contributed by atoms with Crippen LogP contribution in [0.5, 0.6) is 0 Å². The molecule has 27 heavy (non-hydrogen) atoms. The number of nitrogens with zero attached hydrogens (tertiary/aromatic N) is 4. The summed E-state index contributed by atoms with van der Waals surface area (Å²) in [5.41, 5.74) is 0.754. The summed E-state index contributed by atoms with van der Waals surface area (Å²) in [6, 6.07) is 8.61. The predicted octanol–water partition coefficient (Wildman–Crippen LogP) is 0.857. The molecular weight excluding hydrogens is 357 g/mol. The lowest BCUT2D eigenvalue weighted by molar-refractivity contribution is 0.0893. The van der Waals surface area contributed by atoms with E-state index in [1.54, 1.807) is 12.1 Å². The Morgan fingerprint density at radius 3 is 2.78 bits per heavy atom. The van der Waals surface area contributed by atoms with Gasteiger partial charge in [-0.05, 0) is 30.3 Å². The summed E-state index contributed by atoms with van der Waals surface area (Å²) < 4.78 is 23.9. The topological polar surface area (TPSA) is 112 Å². The van der Waals surface area contributed by atoms with Gasteiger partial charge in [0.15, 0.2) is 5.82 Å². The zero-order valence-corrected chi connectivity index (χ0v) is 14.4. The van der Waals surface area contributed by atoms with Gasteiger partial charge in [-0.3, -0.25) is 9.59 Å². The summed E-state index contributed by atoms with van der Waals surface area (Å²) in [5, 5.41) is 10.5. The SMILES string of the molecule is COCCNC(=O)c1nc(Cn2nc(-c3ccc(F)cc3)ccc2=O)no1. The number of hydrogen-bond acceptors (Lipinski definition) is 7. The molecule has 2 aromatic heterocycles. The Morgan fingerprint density at radius 1 is 1.26 bits per heavy atom. The van der Waals surface area contributed by atoms with E-state index >= 15 is 0 Å². The van der Waals surface area contributed by atoms with Crippen LogP contribution in [0.1, 0.15) is 16.5 Å². The normalized spacial score (nSPS) is 10.7. The number of halogens is 1. The van der Waals surface area contributed by atoms with Gasteiger partial charge in [0.2, 0.25) is 0 Å². The van der Waals surface area contributed by atoms with Gasteiger partial charge in [-0.1, -0.05) is 5.16 Å². The summed E-state index contributed by atoms with van der Waals surface area (Å²) in [7, 11) is 1.52. The number of aromatic nitrogens is 4. The Morgan fingerprint density at radius 2 is 2.04 bits per heavy atom. The van der Waals surface area contributed by atoms with Gasteiger partial charge in [-0.25, -0.2) is 9.07 Å². The number of nitrogens with one attached hydrogen (secondary N) is 1. The molecule has 0 spiro atoms. The van der Waals surface area contributed by atoms with Crippen molar-refractivity contribution < 1.29 is 18.4 Å². The van der Waals surface area contributed by atoms with Crippen LogP contribution in [0, 0.1) is 5.82 Å². The summed E-state index contributed by atoms with van der Waals surface area (Å²) in [4.78, 5) is 27.8. The van der Waals surface area contributed by atoms with Crippen molar-refractivity contribution in [1.29, 1.82) is 0 Å². The molecule has 0 bridgehead atoms. The minimum absolute atomic E-state index is 0.0806. The highest BCUT2D eigenvalue weighted by Crippen LogP contribution is 2.15. The van der Waals surface area contributed by atoms with Crippen LogP contribution >= 0.6 is 0 Å². The number of amides is 1. The summed E-state index contributed by atoms with van der Waals surface area (Å²) >= 11 is 0. The number of rotatable bonds is 7. The molecule has 2 heterocycles. The van der Waals surface area contributed by atoms with Gasteiger partial charge in [0.25, 0.3) is 5.56 Å². The minimum atomic E-state index is -0.536. The molecule has 0 aliphatic rings. The molecule has 0 saturated carbocycles. The second-order valence-electron chi connectivity index (χ2n) is 5.49. The molecule has 1 aromatic carbocycles. The highest BCUT2D eigenvalue weighted by atomic mass is 19.1. The molecule has 0 saturated heterocycles. The summed E-state index contributed by atoms with van der Waals surface area (Å²) in [5.74, 6) is -0.997. The molecule has 9 nitrogen and oxygen atoms in total. The first kappa shape index (κ1) is 18.4. The molecule has 0 aliphatic carbocycles. The van der Waals surface area contributed by atoms with Gasteiger partial charge >= 0.3 is 11.8 Å². The average Bonchev–Trinajstić information content (AvgIpc) is 3.13. The zero-order chi connectivity index (χ0) is 19.2. The molecular formula is C17H16FN5O4. The van der Waals surface area contributed by atoms with Crippen LogP contribution in [0.15, 0.2) is 45.7 Å². The maximum Gasteiger partial charge on any atom is 0.316 e. The van der Waals surface area contributed by atoms with E-state index in [9.17, 15) is 14.0 Å². The fraction of sp³-hybridized carbons (Fsp3) is 0.235. The van der Waals surface area contributed by atoms with Gasteiger partial charge in [-0.15, -0.1) is 0 Å². The second-order valence-corrected chi connectivity index (χ2v) is 5.49. The lowest BCUT2D eigenvalue weighted by Crippen LogP contribution is -2.27. The molecule has 1 amide bonds. The first-order chi connectivity index (χ1) is 13.1. The third kappa shape index (κ3) is 4.61. The number of carbonyl (C=O) groups is 1.